The monoisotopic (exact) mass is 423 g/mol. The van der Waals surface area contributed by atoms with Gasteiger partial charge in [-0.15, -0.1) is 0 Å². The molecule has 0 unspecified atom stereocenters. The first-order valence-electron chi connectivity index (χ1n) is 11.5. The molecule has 0 spiro atoms. The minimum absolute atomic E-state index is 0.0707. The minimum atomic E-state index is -0.0707. The predicted octanol–water partition coefficient (Wildman–Crippen LogP) is 5.91. The summed E-state index contributed by atoms with van der Waals surface area (Å²) in [6.45, 7) is 5.44. The lowest BCUT2D eigenvalue weighted by atomic mass is 9.98. The Hall–Kier alpha value is -3.37. The molecule has 0 atom stereocenters. The van der Waals surface area contributed by atoms with Gasteiger partial charge in [0.15, 0.2) is 0 Å². The second kappa shape index (κ2) is 9.01. The summed E-state index contributed by atoms with van der Waals surface area (Å²) < 4.78 is 0. The molecule has 1 amide bonds. The first kappa shape index (κ1) is 20.5. The van der Waals surface area contributed by atoms with Gasteiger partial charge in [-0.2, -0.15) is 0 Å². The number of carbonyl (C=O) groups excluding carboxylic acids is 1. The molecule has 1 fully saturated rings. The number of anilines is 2. The number of amides is 1. The van der Waals surface area contributed by atoms with E-state index in [1.54, 1.807) is 0 Å². The van der Waals surface area contributed by atoms with E-state index in [-0.39, 0.29) is 5.91 Å². The van der Waals surface area contributed by atoms with Crippen LogP contribution >= 0.6 is 0 Å². The van der Waals surface area contributed by atoms with Gasteiger partial charge in [0.1, 0.15) is 0 Å². The highest BCUT2D eigenvalue weighted by molar-refractivity contribution is 6.37. The summed E-state index contributed by atoms with van der Waals surface area (Å²) in [5.74, 6) is -0.0707. The normalized spacial score (nSPS) is 17.6. The third kappa shape index (κ3) is 4.32. The van der Waals surface area contributed by atoms with Crippen molar-refractivity contribution < 1.29 is 4.79 Å². The highest BCUT2D eigenvalue weighted by Gasteiger charge is 2.28. The standard InChI is InChI=1S/C28H29N3O/c1-20-10-15-25-24(18-20)26(28(32)30-25)27(22-8-4-2-5-9-22)29-23-13-11-21(12-14-23)19-31-16-6-3-7-17-31/h2,4-5,8-15,18,29H,3,6-7,16-17,19H2,1H3,(H,30,32). The highest BCUT2D eigenvalue weighted by atomic mass is 16.2. The summed E-state index contributed by atoms with van der Waals surface area (Å²) >= 11 is 0. The lowest BCUT2D eigenvalue weighted by molar-refractivity contribution is -0.110. The second-order valence-electron chi connectivity index (χ2n) is 8.78. The first-order valence-corrected chi connectivity index (χ1v) is 11.5. The van der Waals surface area contributed by atoms with Gasteiger partial charge in [-0.05, 0) is 68.2 Å². The molecule has 32 heavy (non-hydrogen) atoms. The quantitative estimate of drug-likeness (QED) is 0.501. The van der Waals surface area contributed by atoms with Crippen LogP contribution in [0.2, 0.25) is 0 Å². The summed E-state index contributed by atoms with van der Waals surface area (Å²) in [6.07, 6.45) is 3.96. The van der Waals surface area contributed by atoms with E-state index >= 15 is 0 Å². The molecular formula is C28H29N3O. The van der Waals surface area contributed by atoms with Gasteiger partial charge in [-0.25, -0.2) is 0 Å². The first-order chi connectivity index (χ1) is 15.7. The molecule has 2 N–H and O–H groups in total. The van der Waals surface area contributed by atoms with E-state index in [0.29, 0.717) is 5.57 Å². The number of benzene rings is 3. The smallest absolute Gasteiger partial charge is 0.258 e. The number of carbonyl (C=O) groups is 1. The number of nitrogens with zero attached hydrogens (tertiary/aromatic N) is 1. The Balaban J connectivity index is 1.48. The number of piperidine rings is 1. The molecule has 1 saturated heterocycles. The van der Waals surface area contributed by atoms with E-state index < -0.39 is 0 Å². The Kier molecular flexibility index (Phi) is 5.78. The van der Waals surface area contributed by atoms with E-state index in [0.717, 1.165) is 40.3 Å². The lowest BCUT2D eigenvalue weighted by Crippen LogP contribution is -2.29. The Morgan fingerprint density at radius 2 is 1.69 bits per heavy atom. The van der Waals surface area contributed by atoms with E-state index in [4.69, 9.17) is 0 Å². The fourth-order valence-electron chi connectivity index (χ4n) is 4.63. The number of fused-ring (bicyclic) bond motifs is 1. The average Bonchev–Trinajstić information content (AvgIpc) is 3.14. The molecule has 2 heterocycles. The molecule has 4 nitrogen and oxygen atoms in total. The number of aryl methyl sites for hydroxylation is 1. The largest absolute Gasteiger partial charge is 0.354 e. The molecule has 0 aliphatic carbocycles. The summed E-state index contributed by atoms with van der Waals surface area (Å²) in [5, 5.41) is 6.59. The van der Waals surface area contributed by atoms with Crippen molar-refractivity contribution in [3.8, 4) is 0 Å². The van der Waals surface area contributed by atoms with Crippen LogP contribution in [0.3, 0.4) is 0 Å². The zero-order valence-corrected chi connectivity index (χ0v) is 18.5. The van der Waals surface area contributed by atoms with Gasteiger partial charge in [-0.1, -0.05) is 60.5 Å². The molecule has 2 aliphatic rings. The maximum atomic E-state index is 13.0. The van der Waals surface area contributed by atoms with E-state index in [2.05, 4.69) is 52.8 Å². The van der Waals surface area contributed by atoms with Gasteiger partial charge in [-0.3, -0.25) is 9.69 Å². The fourth-order valence-corrected chi connectivity index (χ4v) is 4.63. The van der Waals surface area contributed by atoms with Gasteiger partial charge >= 0.3 is 0 Å². The van der Waals surface area contributed by atoms with Crippen LogP contribution in [0.15, 0.2) is 72.8 Å². The van der Waals surface area contributed by atoms with E-state index in [1.165, 1.54) is 37.9 Å². The Bertz CT molecular complexity index is 1140. The van der Waals surface area contributed by atoms with Gasteiger partial charge in [0.2, 0.25) is 0 Å². The molecule has 4 heteroatoms. The molecule has 0 radical (unpaired) electrons. The number of nitrogens with one attached hydrogen (secondary N) is 2. The summed E-state index contributed by atoms with van der Waals surface area (Å²) in [5.41, 5.74) is 7.75. The fraction of sp³-hybridized carbons (Fsp3) is 0.250. The zero-order valence-electron chi connectivity index (χ0n) is 18.5. The predicted molar refractivity (Wildman–Crippen MR) is 132 cm³/mol. The van der Waals surface area contributed by atoms with Crippen molar-refractivity contribution in [3.05, 3.63) is 95.1 Å². The molecule has 5 rings (SSSR count). The zero-order chi connectivity index (χ0) is 21.9. The van der Waals surface area contributed by atoms with E-state index in [1.807, 2.05) is 42.5 Å². The van der Waals surface area contributed by atoms with Crippen LogP contribution in [-0.4, -0.2) is 23.9 Å². The number of hydrogen-bond donors (Lipinski definition) is 2. The van der Waals surface area contributed by atoms with Gasteiger partial charge < -0.3 is 10.6 Å². The van der Waals surface area contributed by atoms with Crippen molar-refractivity contribution in [1.82, 2.24) is 4.90 Å². The summed E-state index contributed by atoms with van der Waals surface area (Å²) in [6, 6.07) is 24.8. The number of rotatable bonds is 5. The Morgan fingerprint density at radius 1 is 0.938 bits per heavy atom. The minimum Gasteiger partial charge on any atom is -0.354 e. The maximum absolute atomic E-state index is 13.0. The van der Waals surface area contributed by atoms with Crippen LogP contribution in [0.5, 0.6) is 0 Å². The van der Waals surface area contributed by atoms with Crippen LogP contribution in [0.25, 0.3) is 11.3 Å². The molecular weight excluding hydrogens is 394 g/mol. The van der Waals surface area contributed by atoms with E-state index in [9.17, 15) is 4.79 Å². The van der Waals surface area contributed by atoms with Crippen molar-refractivity contribution in [2.75, 3.05) is 23.7 Å². The molecule has 3 aromatic rings. The molecule has 0 aromatic heterocycles. The Morgan fingerprint density at radius 3 is 2.44 bits per heavy atom. The summed E-state index contributed by atoms with van der Waals surface area (Å²) in [7, 11) is 0. The third-order valence-electron chi connectivity index (χ3n) is 6.31. The van der Waals surface area contributed by atoms with Crippen molar-refractivity contribution in [1.29, 1.82) is 0 Å². The molecule has 2 aliphatic heterocycles. The van der Waals surface area contributed by atoms with Crippen LogP contribution in [0.1, 0.15) is 41.5 Å². The lowest BCUT2D eigenvalue weighted by Gasteiger charge is -2.26. The molecule has 0 bridgehead atoms. The van der Waals surface area contributed by atoms with Crippen molar-refractivity contribution in [2.45, 2.75) is 32.7 Å². The van der Waals surface area contributed by atoms with Crippen LogP contribution < -0.4 is 10.6 Å². The van der Waals surface area contributed by atoms with Gasteiger partial charge in [0.25, 0.3) is 5.91 Å². The van der Waals surface area contributed by atoms with Crippen molar-refractivity contribution in [3.63, 3.8) is 0 Å². The number of likely N-dealkylation sites (tertiary alicyclic amines) is 1. The number of hydrogen-bond acceptors (Lipinski definition) is 3. The topological polar surface area (TPSA) is 44.4 Å². The van der Waals surface area contributed by atoms with Crippen molar-refractivity contribution >= 4 is 28.6 Å². The average molecular weight is 424 g/mol. The van der Waals surface area contributed by atoms with Crippen LogP contribution in [0, 0.1) is 6.92 Å². The maximum Gasteiger partial charge on any atom is 0.258 e. The van der Waals surface area contributed by atoms with Gasteiger partial charge in [0, 0.05) is 23.5 Å². The van der Waals surface area contributed by atoms with Crippen LogP contribution in [-0.2, 0) is 11.3 Å². The van der Waals surface area contributed by atoms with Crippen molar-refractivity contribution in [2.24, 2.45) is 0 Å². The van der Waals surface area contributed by atoms with Crippen LogP contribution in [0.4, 0.5) is 11.4 Å². The third-order valence-corrected chi connectivity index (χ3v) is 6.31. The Labute approximate surface area is 190 Å². The highest BCUT2D eigenvalue weighted by Crippen LogP contribution is 2.38. The molecule has 162 valence electrons. The summed E-state index contributed by atoms with van der Waals surface area (Å²) in [4.78, 5) is 15.5. The molecule has 3 aromatic carbocycles. The van der Waals surface area contributed by atoms with Gasteiger partial charge in [0.05, 0.1) is 11.3 Å². The second-order valence-corrected chi connectivity index (χ2v) is 8.78. The SMILES string of the molecule is Cc1ccc2c(c1)C(=C(Nc1ccc(CN3CCCCC3)cc1)c1ccccc1)C(=O)N2. The molecule has 0 saturated carbocycles.